The van der Waals surface area contributed by atoms with Gasteiger partial charge in [0.15, 0.2) is 12.4 Å². The van der Waals surface area contributed by atoms with Crippen molar-refractivity contribution in [2.24, 2.45) is 11.1 Å². The van der Waals surface area contributed by atoms with E-state index in [4.69, 9.17) is 14.3 Å². The first kappa shape index (κ1) is 44.1. The number of hydrogen-bond donors (Lipinski definition) is 0. The van der Waals surface area contributed by atoms with Crippen molar-refractivity contribution in [2.45, 2.75) is 98.6 Å². The Hall–Kier alpha value is -5.43. The van der Waals surface area contributed by atoms with E-state index in [1.165, 1.54) is 12.2 Å². The van der Waals surface area contributed by atoms with Crippen LogP contribution in [0.15, 0.2) is 89.3 Å². The third kappa shape index (κ3) is 9.94. The summed E-state index contributed by atoms with van der Waals surface area (Å²) in [5.74, 6) is -0.984. The lowest BCUT2D eigenvalue weighted by molar-refractivity contribution is -0.183. The van der Waals surface area contributed by atoms with Crippen molar-refractivity contribution < 1.29 is 50.2 Å². The maximum Gasteiger partial charge on any atom is 0.422 e. The van der Waals surface area contributed by atoms with Gasteiger partial charge in [0.1, 0.15) is 18.1 Å². The molecule has 13 heteroatoms. The average Bonchev–Trinajstić information content (AvgIpc) is 3.49. The molecule has 60 heavy (non-hydrogen) atoms. The SMILES string of the molecule is CCCCC(CC)Cn1c2ccc(/C(=N/OC(C)=O)C3=C(OCC(F)(F)F)CC(OCC(F)(F)F)C=C3)cc2c2cc(C(=O)c3c(C)cc(C)cc3C)c3ccccc3c21. The summed E-state index contributed by atoms with van der Waals surface area (Å²) in [5, 5.41) is 7.18. The number of aryl methyl sites for hydroxylation is 3. The lowest BCUT2D eigenvalue weighted by Gasteiger charge is -2.24. The maximum atomic E-state index is 14.7. The molecule has 1 aliphatic rings. The number of benzene rings is 4. The predicted molar refractivity (Wildman–Crippen MR) is 221 cm³/mol. The van der Waals surface area contributed by atoms with Crippen LogP contribution in [0.2, 0.25) is 0 Å². The minimum atomic E-state index is -4.78. The van der Waals surface area contributed by atoms with Gasteiger partial charge in [-0.1, -0.05) is 98.4 Å². The highest BCUT2D eigenvalue weighted by molar-refractivity contribution is 6.27. The number of rotatable bonds is 15. The van der Waals surface area contributed by atoms with Crippen LogP contribution in [0.3, 0.4) is 0 Å². The summed E-state index contributed by atoms with van der Waals surface area (Å²) in [5.41, 5.74) is 5.76. The van der Waals surface area contributed by atoms with Crippen LogP contribution in [0.25, 0.3) is 32.6 Å². The summed E-state index contributed by atoms with van der Waals surface area (Å²) in [6, 6.07) is 19.0. The van der Waals surface area contributed by atoms with E-state index in [1.54, 1.807) is 12.1 Å². The molecule has 2 atom stereocenters. The van der Waals surface area contributed by atoms with Gasteiger partial charge in [0, 0.05) is 63.8 Å². The van der Waals surface area contributed by atoms with Crippen molar-refractivity contribution in [2.75, 3.05) is 13.2 Å². The molecule has 6 rings (SSSR count). The molecule has 0 N–H and O–H groups in total. The smallest absolute Gasteiger partial charge is 0.422 e. The first-order valence-corrected chi connectivity index (χ1v) is 20.0. The molecule has 0 saturated heterocycles. The molecule has 0 saturated carbocycles. The van der Waals surface area contributed by atoms with Crippen LogP contribution in [0.4, 0.5) is 26.3 Å². The highest BCUT2D eigenvalue weighted by Crippen LogP contribution is 2.40. The van der Waals surface area contributed by atoms with Gasteiger partial charge in [0.25, 0.3) is 0 Å². The molecule has 5 aromatic rings. The predicted octanol–water partition coefficient (Wildman–Crippen LogP) is 12.3. The average molecular weight is 835 g/mol. The number of ketones is 1. The van der Waals surface area contributed by atoms with Crippen molar-refractivity contribution in [1.29, 1.82) is 0 Å². The van der Waals surface area contributed by atoms with Crippen LogP contribution >= 0.6 is 0 Å². The van der Waals surface area contributed by atoms with E-state index in [-0.39, 0.29) is 22.8 Å². The number of nitrogens with zero attached hydrogens (tertiary/aromatic N) is 2. The Kier molecular flexibility index (Phi) is 13.3. The number of carbonyl (C=O) groups excluding carboxylic acids is 2. The van der Waals surface area contributed by atoms with Crippen LogP contribution in [0.1, 0.15) is 91.1 Å². The van der Waals surface area contributed by atoms with E-state index < -0.39 is 44.1 Å². The van der Waals surface area contributed by atoms with Gasteiger partial charge in [-0.25, -0.2) is 4.79 Å². The summed E-state index contributed by atoms with van der Waals surface area (Å²) >= 11 is 0. The largest absolute Gasteiger partial charge is 0.488 e. The topological polar surface area (TPSA) is 79.1 Å². The van der Waals surface area contributed by atoms with Gasteiger partial charge in [-0.2, -0.15) is 26.3 Å². The Balaban J connectivity index is 1.62. The van der Waals surface area contributed by atoms with Gasteiger partial charge in [0.2, 0.25) is 0 Å². The minimum absolute atomic E-state index is 0.0345. The third-order valence-electron chi connectivity index (χ3n) is 10.8. The van der Waals surface area contributed by atoms with E-state index in [0.29, 0.717) is 34.5 Å². The molecular formula is C47H48F6N2O5. The number of oxime groups is 1. The number of aromatic nitrogens is 1. The lowest BCUT2D eigenvalue weighted by Crippen LogP contribution is -2.27. The van der Waals surface area contributed by atoms with Crippen molar-refractivity contribution in [3.05, 3.63) is 118 Å². The van der Waals surface area contributed by atoms with Crippen molar-refractivity contribution >= 4 is 50.0 Å². The summed E-state index contributed by atoms with van der Waals surface area (Å²) in [4.78, 5) is 31.9. The Morgan fingerprint density at radius 1 is 0.867 bits per heavy atom. The highest BCUT2D eigenvalue weighted by atomic mass is 19.4. The number of carbonyl (C=O) groups is 2. The number of allylic oxidation sites excluding steroid dienone is 2. The van der Waals surface area contributed by atoms with Crippen LogP contribution in [-0.4, -0.2) is 53.7 Å². The van der Waals surface area contributed by atoms with Gasteiger partial charge in [0.05, 0.1) is 11.6 Å². The standard InChI is InChI=1S/C47H48F6N2O5/c1-7-9-12-31(8-2)24-55-40-18-15-32(43(54-60-30(6)56)36-17-16-33(58-25-46(48,49)50)22-41(36)59-26-47(51,52)53)21-37(40)38-23-39(34-13-10-11-14-35(34)44(38)55)45(57)42-28(4)19-27(3)20-29(42)5/h10-11,13-21,23,31,33H,7-9,12,22,24-26H2,1-6H3/b54-43-. The molecule has 7 nitrogen and oxygen atoms in total. The Morgan fingerprint density at radius 3 is 2.18 bits per heavy atom. The molecule has 0 spiro atoms. The number of halogens is 6. The normalized spacial score (nSPS) is 15.7. The Bertz CT molecular complexity index is 2500. The number of hydrogen-bond acceptors (Lipinski definition) is 6. The zero-order valence-electron chi connectivity index (χ0n) is 34.4. The summed E-state index contributed by atoms with van der Waals surface area (Å²) < 4.78 is 92.2. The molecule has 318 valence electrons. The molecule has 2 unspecified atom stereocenters. The van der Waals surface area contributed by atoms with Crippen LogP contribution in [0.5, 0.6) is 0 Å². The van der Waals surface area contributed by atoms with Crippen LogP contribution in [-0.2, 0) is 25.7 Å². The molecule has 0 radical (unpaired) electrons. The molecule has 0 bridgehead atoms. The molecule has 0 fully saturated rings. The van der Waals surface area contributed by atoms with Crippen LogP contribution < -0.4 is 0 Å². The maximum absolute atomic E-state index is 14.7. The lowest BCUT2D eigenvalue weighted by atomic mass is 9.89. The first-order valence-electron chi connectivity index (χ1n) is 20.0. The Labute approximate surface area is 344 Å². The van der Waals surface area contributed by atoms with Gasteiger partial charge in [-0.3, -0.25) is 4.79 Å². The number of ether oxygens (including phenoxy) is 2. The second kappa shape index (κ2) is 18.0. The quantitative estimate of drug-likeness (QED) is 0.0345. The van der Waals surface area contributed by atoms with Gasteiger partial charge in [-0.15, -0.1) is 0 Å². The molecular weight excluding hydrogens is 787 g/mol. The van der Waals surface area contributed by atoms with E-state index in [2.05, 4.69) is 23.6 Å². The van der Waals surface area contributed by atoms with Crippen molar-refractivity contribution in [3.63, 3.8) is 0 Å². The molecule has 1 aromatic heterocycles. The number of unbranched alkanes of at least 4 members (excludes halogenated alkanes) is 1. The van der Waals surface area contributed by atoms with E-state index in [9.17, 15) is 35.9 Å². The fourth-order valence-corrected chi connectivity index (χ4v) is 8.19. The second-order valence-corrected chi connectivity index (χ2v) is 15.5. The van der Waals surface area contributed by atoms with Gasteiger partial charge >= 0.3 is 18.3 Å². The summed E-state index contributed by atoms with van der Waals surface area (Å²) in [6.07, 6.45) is -4.65. The van der Waals surface area contributed by atoms with Gasteiger partial charge < -0.3 is 18.9 Å². The fraction of sp³-hybridized carbons (Fsp3) is 0.383. The van der Waals surface area contributed by atoms with Crippen molar-refractivity contribution in [3.8, 4) is 0 Å². The third-order valence-corrected chi connectivity index (χ3v) is 10.8. The molecule has 0 aliphatic heterocycles. The fourth-order valence-electron chi connectivity index (χ4n) is 8.19. The van der Waals surface area contributed by atoms with E-state index in [1.807, 2.05) is 69.3 Å². The summed E-state index contributed by atoms with van der Waals surface area (Å²) in [7, 11) is 0. The summed E-state index contributed by atoms with van der Waals surface area (Å²) in [6.45, 7) is 8.54. The monoisotopic (exact) mass is 834 g/mol. The first-order chi connectivity index (χ1) is 28.4. The van der Waals surface area contributed by atoms with Crippen LogP contribution in [0, 0.1) is 26.7 Å². The van der Waals surface area contributed by atoms with Gasteiger partial charge in [-0.05, 0) is 67.8 Å². The molecule has 0 amide bonds. The Morgan fingerprint density at radius 2 is 1.55 bits per heavy atom. The zero-order chi connectivity index (χ0) is 43.5. The molecule has 1 heterocycles. The molecule has 4 aromatic carbocycles. The van der Waals surface area contributed by atoms with Crippen molar-refractivity contribution in [1.82, 2.24) is 4.57 Å². The highest BCUT2D eigenvalue weighted by Gasteiger charge is 2.34. The van der Waals surface area contributed by atoms with E-state index >= 15 is 0 Å². The number of alkyl halides is 6. The van der Waals surface area contributed by atoms with E-state index in [0.717, 1.165) is 76.5 Å². The minimum Gasteiger partial charge on any atom is -0.488 e. The second-order valence-electron chi connectivity index (χ2n) is 15.5. The molecule has 1 aliphatic carbocycles. The number of fused-ring (bicyclic) bond motifs is 5. The zero-order valence-corrected chi connectivity index (χ0v) is 34.4.